The zero-order chi connectivity index (χ0) is 16.6. The Morgan fingerprint density at radius 2 is 1.84 bits per heavy atom. The molecule has 3 aromatic rings. The van der Waals surface area contributed by atoms with Gasteiger partial charge in [0.2, 0.25) is 0 Å². The Hall–Kier alpha value is -2.47. The average Bonchev–Trinajstić information content (AvgIpc) is 3.45. The summed E-state index contributed by atoms with van der Waals surface area (Å²) in [4.78, 5) is 2.35. The molecule has 5 rings (SSSR count). The maximum Gasteiger partial charge on any atom is 0.185 e. The molecular formula is C19H21N5O. The Morgan fingerprint density at radius 3 is 2.68 bits per heavy atom. The number of aromatic nitrogens is 4. The molecule has 0 bridgehead atoms. The third-order valence-corrected chi connectivity index (χ3v) is 5.19. The maximum absolute atomic E-state index is 5.82. The molecule has 25 heavy (non-hydrogen) atoms. The highest BCUT2D eigenvalue weighted by Crippen LogP contribution is 2.38. The minimum absolute atomic E-state index is 0.620. The van der Waals surface area contributed by atoms with E-state index < -0.39 is 0 Å². The van der Waals surface area contributed by atoms with Crippen LogP contribution in [-0.4, -0.2) is 46.1 Å². The zero-order valence-electron chi connectivity index (χ0n) is 14.1. The molecule has 3 heterocycles. The molecule has 1 atom stereocenters. The van der Waals surface area contributed by atoms with Crippen LogP contribution in [0.3, 0.4) is 0 Å². The average molecular weight is 335 g/mol. The summed E-state index contributed by atoms with van der Waals surface area (Å²) in [7, 11) is 0. The summed E-state index contributed by atoms with van der Waals surface area (Å²) in [5.41, 5.74) is 1.79. The summed E-state index contributed by atoms with van der Waals surface area (Å²) >= 11 is 0. The number of anilines is 1. The van der Waals surface area contributed by atoms with Gasteiger partial charge in [-0.3, -0.25) is 0 Å². The van der Waals surface area contributed by atoms with Crippen molar-refractivity contribution in [1.82, 2.24) is 19.8 Å². The van der Waals surface area contributed by atoms with E-state index in [-0.39, 0.29) is 0 Å². The number of hydrogen-bond donors (Lipinski definition) is 0. The van der Waals surface area contributed by atoms with Crippen LogP contribution in [0.2, 0.25) is 0 Å². The van der Waals surface area contributed by atoms with Crippen LogP contribution in [0.25, 0.3) is 17.0 Å². The van der Waals surface area contributed by atoms with Gasteiger partial charge in [-0.05, 0) is 30.9 Å². The lowest BCUT2D eigenvalue weighted by Crippen LogP contribution is -2.31. The molecule has 2 aromatic heterocycles. The molecule has 2 fully saturated rings. The van der Waals surface area contributed by atoms with Gasteiger partial charge in [0.15, 0.2) is 11.5 Å². The smallest absolute Gasteiger partial charge is 0.185 e. The quantitative estimate of drug-likeness (QED) is 0.736. The van der Waals surface area contributed by atoms with Crippen molar-refractivity contribution in [2.45, 2.75) is 12.8 Å². The van der Waals surface area contributed by atoms with Gasteiger partial charge in [0.05, 0.1) is 13.2 Å². The molecule has 0 N–H and O–H groups in total. The van der Waals surface area contributed by atoms with Gasteiger partial charge in [-0.1, -0.05) is 30.3 Å². The van der Waals surface area contributed by atoms with Crippen molar-refractivity contribution >= 4 is 11.5 Å². The van der Waals surface area contributed by atoms with Crippen LogP contribution >= 0.6 is 0 Å². The first-order valence-electron chi connectivity index (χ1n) is 8.99. The first-order valence-corrected chi connectivity index (χ1v) is 8.99. The van der Waals surface area contributed by atoms with E-state index in [2.05, 4.69) is 15.1 Å². The number of nitrogens with zero attached hydrogens (tertiary/aromatic N) is 5. The molecule has 1 saturated heterocycles. The molecule has 0 amide bonds. The summed E-state index contributed by atoms with van der Waals surface area (Å²) in [6.45, 7) is 3.54. The van der Waals surface area contributed by atoms with Crippen molar-refractivity contribution in [3.05, 3.63) is 42.5 Å². The van der Waals surface area contributed by atoms with Gasteiger partial charge in [0, 0.05) is 24.6 Å². The van der Waals surface area contributed by atoms with Crippen LogP contribution in [0.5, 0.6) is 0 Å². The summed E-state index contributed by atoms with van der Waals surface area (Å²) < 4.78 is 7.67. The summed E-state index contributed by atoms with van der Waals surface area (Å²) in [5.74, 6) is 3.21. The Kier molecular flexibility index (Phi) is 3.63. The second kappa shape index (κ2) is 6.11. The number of hydrogen-bond acceptors (Lipinski definition) is 5. The molecule has 2 aliphatic rings. The molecule has 1 aliphatic carbocycles. The first kappa shape index (κ1) is 14.8. The fraction of sp³-hybridized carbons (Fsp3) is 0.421. The van der Waals surface area contributed by atoms with E-state index in [1.165, 1.54) is 12.8 Å². The first-order chi connectivity index (χ1) is 12.4. The van der Waals surface area contributed by atoms with E-state index >= 15 is 0 Å². The van der Waals surface area contributed by atoms with Crippen LogP contribution < -0.4 is 4.90 Å². The van der Waals surface area contributed by atoms with Gasteiger partial charge in [-0.25, -0.2) is 0 Å². The lowest BCUT2D eigenvalue weighted by molar-refractivity contribution is 0.117. The van der Waals surface area contributed by atoms with E-state index in [9.17, 15) is 0 Å². The van der Waals surface area contributed by atoms with E-state index in [0.717, 1.165) is 55.1 Å². The predicted octanol–water partition coefficient (Wildman–Crippen LogP) is 2.65. The third-order valence-electron chi connectivity index (χ3n) is 5.19. The van der Waals surface area contributed by atoms with Gasteiger partial charge >= 0.3 is 0 Å². The molecule has 6 nitrogen and oxygen atoms in total. The van der Waals surface area contributed by atoms with Crippen molar-refractivity contribution in [2.75, 3.05) is 31.2 Å². The molecule has 6 heteroatoms. The molecule has 0 spiro atoms. The SMILES string of the molecule is c1ccc(-c2nnc3ccc(N4CCOCC(C5CC5)C4)nn23)cc1. The fourth-order valence-corrected chi connectivity index (χ4v) is 3.61. The third kappa shape index (κ3) is 2.87. The second-order valence-electron chi connectivity index (χ2n) is 6.97. The Morgan fingerprint density at radius 1 is 0.960 bits per heavy atom. The number of fused-ring (bicyclic) bond motifs is 1. The summed E-state index contributed by atoms with van der Waals surface area (Å²) in [6, 6.07) is 14.1. The minimum atomic E-state index is 0.620. The summed E-state index contributed by atoms with van der Waals surface area (Å²) in [6.07, 6.45) is 2.69. The summed E-state index contributed by atoms with van der Waals surface area (Å²) in [5, 5.41) is 13.4. The highest BCUT2D eigenvalue weighted by molar-refractivity contribution is 5.59. The molecule has 1 unspecified atom stereocenters. The minimum Gasteiger partial charge on any atom is -0.379 e. The topological polar surface area (TPSA) is 55.5 Å². The highest BCUT2D eigenvalue weighted by atomic mass is 16.5. The molecule has 0 radical (unpaired) electrons. The predicted molar refractivity (Wildman–Crippen MR) is 95.5 cm³/mol. The monoisotopic (exact) mass is 335 g/mol. The lowest BCUT2D eigenvalue weighted by atomic mass is 10.0. The largest absolute Gasteiger partial charge is 0.379 e. The number of rotatable bonds is 3. The number of benzene rings is 1. The molecule has 1 aliphatic heterocycles. The molecule has 1 saturated carbocycles. The van der Waals surface area contributed by atoms with Crippen LogP contribution in [0.4, 0.5) is 5.82 Å². The van der Waals surface area contributed by atoms with Gasteiger partial charge in [0.25, 0.3) is 0 Å². The van der Waals surface area contributed by atoms with E-state index in [1.807, 2.05) is 47.0 Å². The van der Waals surface area contributed by atoms with Crippen molar-refractivity contribution in [3.63, 3.8) is 0 Å². The maximum atomic E-state index is 5.82. The van der Waals surface area contributed by atoms with Crippen molar-refractivity contribution in [1.29, 1.82) is 0 Å². The van der Waals surface area contributed by atoms with E-state index in [1.54, 1.807) is 0 Å². The second-order valence-corrected chi connectivity index (χ2v) is 6.97. The highest BCUT2D eigenvalue weighted by Gasteiger charge is 2.34. The standard InChI is InChI=1S/C19H21N5O/c1-2-4-15(5-3-1)19-21-20-17-8-9-18(22-24(17)19)23-10-11-25-13-16(12-23)14-6-7-14/h1-5,8-9,14,16H,6-7,10-13H2. The van der Waals surface area contributed by atoms with E-state index in [0.29, 0.717) is 5.92 Å². The van der Waals surface area contributed by atoms with Crippen molar-refractivity contribution < 1.29 is 4.74 Å². The van der Waals surface area contributed by atoms with Crippen LogP contribution in [0.15, 0.2) is 42.5 Å². The Balaban J connectivity index is 1.51. The molecular weight excluding hydrogens is 314 g/mol. The fourth-order valence-electron chi connectivity index (χ4n) is 3.61. The van der Waals surface area contributed by atoms with Gasteiger partial charge < -0.3 is 9.64 Å². The van der Waals surface area contributed by atoms with Crippen molar-refractivity contribution in [3.8, 4) is 11.4 Å². The number of ether oxygens (including phenoxy) is 1. The Bertz CT molecular complexity index is 874. The van der Waals surface area contributed by atoms with Gasteiger partial charge in [-0.2, -0.15) is 4.52 Å². The zero-order valence-corrected chi connectivity index (χ0v) is 14.1. The molecule has 1 aromatic carbocycles. The van der Waals surface area contributed by atoms with E-state index in [4.69, 9.17) is 9.84 Å². The van der Waals surface area contributed by atoms with Crippen molar-refractivity contribution in [2.24, 2.45) is 11.8 Å². The molecule has 128 valence electrons. The lowest BCUT2D eigenvalue weighted by Gasteiger charge is -2.24. The normalized spacial score (nSPS) is 21.4. The van der Waals surface area contributed by atoms with Gasteiger partial charge in [0.1, 0.15) is 5.82 Å². The van der Waals surface area contributed by atoms with Crippen LogP contribution in [0.1, 0.15) is 12.8 Å². The van der Waals surface area contributed by atoms with Crippen LogP contribution in [0, 0.1) is 11.8 Å². The van der Waals surface area contributed by atoms with Gasteiger partial charge in [-0.15, -0.1) is 15.3 Å². The van der Waals surface area contributed by atoms with Crippen LogP contribution in [-0.2, 0) is 4.74 Å². The Labute approximate surface area is 146 Å².